The summed E-state index contributed by atoms with van der Waals surface area (Å²) in [5, 5.41) is 0.992. The number of nitrogens with zero attached hydrogens (tertiary/aromatic N) is 2. The minimum absolute atomic E-state index is 0.00407. The van der Waals surface area contributed by atoms with Crippen LogP contribution in [0.15, 0.2) is 48.5 Å². The Morgan fingerprint density at radius 1 is 1.04 bits per heavy atom. The predicted octanol–water partition coefficient (Wildman–Crippen LogP) is 3.10. The van der Waals surface area contributed by atoms with Gasteiger partial charge in [-0.2, -0.15) is 0 Å². The number of aldehydes is 1. The Morgan fingerprint density at radius 2 is 1.82 bits per heavy atom. The van der Waals surface area contributed by atoms with Crippen molar-refractivity contribution < 1.29 is 18.7 Å². The molecule has 28 heavy (non-hydrogen) atoms. The van der Waals surface area contributed by atoms with Gasteiger partial charge in [0.05, 0.1) is 0 Å². The van der Waals surface area contributed by atoms with Crippen molar-refractivity contribution in [1.29, 1.82) is 0 Å². The molecule has 2 aromatic carbocycles. The number of hydrogen-bond donors (Lipinski definition) is 0. The van der Waals surface area contributed by atoms with Crippen molar-refractivity contribution in [3.63, 3.8) is 0 Å². The van der Waals surface area contributed by atoms with E-state index >= 15 is 0 Å². The third kappa shape index (κ3) is 4.96. The van der Waals surface area contributed by atoms with Crippen LogP contribution in [-0.4, -0.2) is 46.2 Å². The summed E-state index contributed by atoms with van der Waals surface area (Å²) < 4.78 is 24.9. The molecule has 3 aromatic rings. The van der Waals surface area contributed by atoms with E-state index in [1.54, 1.807) is 13.2 Å². The molecule has 3 rings (SSSR count). The molecular formula is C21H19AsFN2O3. The van der Waals surface area contributed by atoms with Gasteiger partial charge < -0.3 is 0 Å². The Hall–Kier alpha value is -2.72. The van der Waals surface area contributed by atoms with Gasteiger partial charge in [-0.05, 0) is 0 Å². The van der Waals surface area contributed by atoms with Gasteiger partial charge in [0.1, 0.15) is 0 Å². The average molecular weight is 441 g/mol. The van der Waals surface area contributed by atoms with E-state index in [1.165, 1.54) is 24.8 Å². The van der Waals surface area contributed by atoms with E-state index in [1.807, 2.05) is 18.2 Å². The van der Waals surface area contributed by atoms with Crippen molar-refractivity contribution in [3.8, 4) is 23.0 Å². The number of ether oxygens (including phenoxy) is 2. The number of halogens is 1. The van der Waals surface area contributed by atoms with E-state index in [-0.39, 0.29) is 27.3 Å². The van der Waals surface area contributed by atoms with Gasteiger partial charge in [-0.1, -0.05) is 0 Å². The van der Waals surface area contributed by atoms with Crippen LogP contribution in [0.4, 0.5) is 4.39 Å². The number of aromatic nitrogens is 2. The van der Waals surface area contributed by atoms with Crippen molar-refractivity contribution in [2.45, 2.75) is 11.6 Å². The van der Waals surface area contributed by atoms with Crippen LogP contribution in [0.5, 0.6) is 11.8 Å². The summed E-state index contributed by atoms with van der Waals surface area (Å²) in [6.45, 7) is 0. The SMILES string of the molecule is COc1ccc(CC[As]c2cc(-c3ccc(F)c(C=O)c3)nc(OC)n2)cc1. The predicted molar refractivity (Wildman–Crippen MR) is 106 cm³/mol. The second kappa shape index (κ2) is 9.47. The second-order valence-corrected chi connectivity index (χ2v) is 8.50. The van der Waals surface area contributed by atoms with Gasteiger partial charge in [0.15, 0.2) is 0 Å². The Morgan fingerprint density at radius 3 is 2.50 bits per heavy atom. The topological polar surface area (TPSA) is 61.3 Å². The van der Waals surface area contributed by atoms with Crippen LogP contribution in [0.2, 0.25) is 5.21 Å². The molecule has 0 saturated heterocycles. The Labute approximate surface area is 169 Å². The molecule has 1 aromatic heterocycles. The molecule has 143 valence electrons. The van der Waals surface area contributed by atoms with Crippen molar-refractivity contribution in [2.24, 2.45) is 0 Å². The number of carbonyl (C=O) groups is 1. The van der Waals surface area contributed by atoms with Crippen LogP contribution in [0, 0.1) is 5.82 Å². The zero-order valence-electron chi connectivity index (χ0n) is 15.6. The van der Waals surface area contributed by atoms with Crippen molar-refractivity contribution >= 4 is 26.5 Å². The monoisotopic (exact) mass is 441 g/mol. The number of aryl methyl sites for hydroxylation is 1. The standard InChI is InChI=1S/C21H19AsFN2O3/c1-27-17-6-3-14(4-7-17)9-10-22-20-12-19(24-21(25-20)28-2)15-5-8-18(23)16(11-15)13-26/h3-8,11-13H,9-10H2,1-2H3. The first-order chi connectivity index (χ1) is 13.6. The normalized spacial score (nSPS) is 11.0. The van der Waals surface area contributed by atoms with E-state index in [0.717, 1.165) is 21.9 Å². The summed E-state index contributed by atoms with van der Waals surface area (Å²) in [4.78, 5) is 19.8. The molecule has 0 unspecified atom stereocenters. The number of carbonyl (C=O) groups excluding carboxylic acids is 1. The zero-order valence-corrected chi connectivity index (χ0v) is 17.4. The molecule has 1 heterocycles. The molecule has 0 bridgehead atoms. The molecule has 0 atom stereocenters. The molecule has 0 aliphatic heterocycles. The third-order valence-electron chi connectivity index (χ3n) is 4.13. The van der Waals surface area contributed by atoms with E-state index in [0.29, 0.717) is 17.5 Å². The molecule has 5 nitrogen and oxygen atoms in total. The van der Waals surface area contributed by atoms with Crippen molar-refractivity contribution in [1.82, 2.24) is 9.97 Å². The van der Waals surface area contributed by atoms with Crippen LogP contribution in [-0.2, 0) is 6.42 Å². The Bertz CT molecular complexity index is 964. The van der Waals surface area contributed by atoms with Crippen molar-refractivity contribution in [3.05, 3.63) is 65.5 Å². The summed E-state index contributed by atoms with van der Waals surface area (Å²) in [7, 11) is 3.16. The fourth-order valence-corrected chi connectivity index (χ4v) is 4.65. The maximum absolute atomic E-state index is 13.6. The van der Waals surface area contributed by atoms with Crippen molar-refractivity contribution in [2.75, 3.05) is 14.2 Å². The Balaban J connectivity index is 1.76. The van der Waals surface area contributed by atoms with Gasteiger partial charge in [-0.3, -0.25) is 0 Å². The fraction of sp³-hybridized carbons (Fsp3) is 0.190. The molecule has 0 aliphatic carbocycles. The van der Waals surface area contributed by atoms with E-state index in [2.05, 4.69) is 22.1 Å². The summed E-state index contributed by atoms with van der Waals surface area (Å²) in [5.41, 5.74) is 2.52. The minimum atomic E-state index is -0.550. The first-order valence-corrected chi connectivity index (χ1v) is 10.9. The molecule has 0 amide bonds. The van der Waals surface area contributed by atoms with Gasteiger partial charge in [0, 0.05) is 0 Å². The summed E-state index contributed by atoms with van der Waals surface area (Å²) in [6, 6.07) is 14.5. The summed E-state index contributed by atoms with van der Waals surface area (Å²) >= 11 is -0.204. The molecule has 0 saturated carbocycles. The molecule has 1 radical (unpaired) electrons. The molecular weight excluding hydrogens is 422 g/mol. The molecule has 7 heteroatoms. The van der Waals surface area contributed by atoms with Crippen LogP contribution in [0.25, 0.3) is 11.3 Å². The zero-order chi connectivity index (χ0) is 19.9. The molecule has 0 fully saturated rings. The molecule has 0 aliphatic rings. The van der Waals surface area contributed by atoms with Gasteiger partial charge in [0.2, 0.25) is 0 Å². The van der Waals surface area contributed by atoms with Gasteiger partial charge in [-0.25, -0.2) is 0 Å². The number of hydrogen-bond acceptors (Lipinski definition) is 5. The summed E-state index contributed by atoms with van der Waals surface area (Å²) in [6.07, 6.45) is 1.44. The quantitative estimate of drug-likeness (QED) is 0.397. The van der Waals surface area contributed by atoms with Crippen LogP contribution >= 0.6 is 0 Å². The second-order valence-electron chi connectivity index (χ2n) is 5.93. The van der Waals surface area contributed by atoms with Crippen LogP contribution in [0.1, 0.15) is 15.9 Å². The van der Waals surface area contributed by atoms with Crippen LogP contribution in [0.3, 0.4) is 0 Å². The molecule has 0 spiro atoms. The summed E-state index contributed by atoms with van der Waals surface area (Å²) in [5.74, 6) is 0.294. The number of benzene rings is 2. The Kier molecular flexibility index (Phi) is 6.77. The van der Waals surface area contributed by atoms with E-state index in [9.17, 15) is 9.18 Å². The number of rotatable bonds is 8. The van der Waals surface area contributed by atoms with E-state index < -0.39 is 5.82 Å². The van der Waals surface area contributed by atoms with Gasteiger partial charge >= 0.3 is 169 Å². The van der Waals surface area contributed by atoms with Crippen LogP contribution < -0.4 is 14.0 Å². The first-order valence-electron chi connectivity index (χ1n) is 8.61. The third-order valence-corrected chi connectivity index (χ3v) is 6.23. The fourth-order valence-electron chi connectivity index (χ4n) is 2.62. The molecule has 0 N–H and O–H groups in total. The maximum atomic E-state index is 13.6. The number of methoxy groups -OCH3 is 2. The van der Waals surface area contributed by atoms with E-state index in [4.69, 9.17) is 9.47 Å². The first kappa shape index (κ1) is 20.0. The average Bonchev–Trinajstić information content (AvgIpc) is 2.74. The van der Waals surface area contributed by atoms with Gasteiger partial charge in [0.25, 0.3) is 0 Å². The van der Waals surface area contributed by atoms with Gasteiger partial charge in [-0.15, -0.1) is 0 Å².